The number of amides is 1. The molecule has 3 rings (SSSR count). The van der Waals surface area contributed by atoms with Gasteiger partial charge < -0.3 is 14.6 Å². The van der Waals surface area contributed by atoms with Crippen molar-refractivity contribution in [2.75, 3.05) is 17.7 Å². The second-order valence-electron chi connectivity index (χ2n) is 7.28. The molecule has 1 atom stereocenters. The molecule has 1 N–H and O–H groups in total. The van der Waals surface area contributed by atoms with Gasteiger partial charge in [-0.1, -0.05) is 23.7 Å². The summed E-state index contributed by atoms with van der Waals surface area (Å²) in [5.74, 6) is 0.717. The van der Waals surface area contributed by atoms with Gasteiger partial charge in [-0.05, 0) is 49.7 Å². The summed E-state index contributed by atoms with van der Waals surface area (Å²) < 4.78 is 33.3. The van der Waals surface area contributed by atoms with Crippen LogP contribution >= 0.6 is 11.6 Å². The molecule has 0 fully saturated rings. The van der Waals surface area contributed by atoms with E-state index in [1.165, 1.54) is 20.1 Å². The molecule has 0 unspecified atom stereocenters. The van der Waals surface area contributed by atoms with E-state index in [1.807, 2.05) is 42.0 Å². The van der Waals surface area contributed by atoms with Crippen molar-refractivity contribution in [1.29, 1.82) is 0 Å². The maximum absolute atomic E-state index is 12.9. The van der Waals surface area contributed by atoms with Gasteiger partial charge in [0.15, 0.2) is 0 Å². The second-order valence-corrected chi connectivity index (χ2v) is 9.58. The summed E-state index contributed by atoms with van der Waals surface area (Å²) >= 11 is 6.07. The van der Waals surface area contributed by atoms with Crippen molar-refractivity contribution in [3.8, 4) is 11.4 Å². The van der Waals surface area contributed by atoms with Gasteiger partial charge in [-0.15, -0.1) is 0 Å². The lowest BCUT2D eigenvalue weighted by molar-refractivity contribution is -0.122. The van der Waals surface area contributed by atoms with Gasteiger partial charge in [0, 0.05) is 29.6 Å². The number of aromatic nitrogens is 2. The average Bonchev–Trinajstić information content (AvgIpc) is 3.17. The van der Waals surface area contributed by atoms with E-state index in [0.717, 1.165) is 27.6 Å². The topological polar surface area (TPSA) is 93.5 Å². The Labute approximate surface area is 192 Å². The number of rotatable bonds is 8. The largest absolute Gasteiger partial charge is 0.495 e. The lowest BCUT2D eigenvalue weighted by atomic mass is 10.2. The van der Waals surface area contributed by atoms with Crippen LogP contribution in [0.3, 0.4) is 0 Å². The Kier molecular flexibility index (Phi) is 7.10. The standard InChI is InChI=1S/C22H25ClN4O4S/c1-15(27(32(4,29)30)20-13-18(23)7-10-21(20)31-3)22(28)25-14-17-5-8-19(9-6-17)26-12-11-24-16(26)2/h5-13,15H,14H2,1-4H3,(H,25,28)/t15-/m0/s1. The van der Waals surface area contributed by atoms with Crippen LogP contribution in [-0.4, -0.2) is 43.3 Å². The third kappa shape index (κ3) is 5.23. The zero-order chi connectivity index (χ0) is 23.5. The molecule has 32 heavy (non-hydrogen) atoms. The Hall–Kier alpha value is -3.04. The first-order valence-corrected chi connectivity index (χ1v) is 12.0. The van der Waals surface area contributed by atoms with Gasteiger partial charge in [0.25, 0.3) is 0 Å². The maximum atomic E-state index is 12.9. The molecule has 1 amide bonds. The Balaban J connectivity index is 1.76. The van der Waals surface area contributed by atoms with Crippen molar-refractivity contribution in [3.05, 3.63) is 71.3 Å². The molecule has 3 aromatic rings. The summed E-state index contributed by atoms with van der Waals surface area (Å²) in [5, 5.41) is 3.13. The highest BCUT2D eigenvalue weighted by atomic mass is 35.5. The highest BCUT2D eigenvalue weighted by Gasteiger charge is 2.31. The van der Waals surface area contributed by atoms with Crippen molar-refractivity contribution in [2.24, 2.45) is 0 Å². The number of anilines is 1. The lowest BCUT2D eigenvalue weighted by Gasteiger charge is -2.29. The van der Waals surface area contributed by atoms with Crippen LogP contribution in [0.25, 0.3) is 5.69 Å². The van der Waals surface area contributed by atoms with E-state index in [9.17, 15) is 13.2 Å². The molecule has 8 nitrogen and oxygen atoms in total. The number of ether oxygens (including phenoxy) is 1. The van der Waals surface area contributed by atoms with E-state index in [-0.39, 0.29) is 12.2 Å². The summed E-state index contributed by atoms with van der Waals surface area (Å²) in [6, 6.07) is 11.2. The lowest BCUT2D eigenvalue weighted by Crippen LogP contribution is -2.47. The molecule has 0 saturated heterocycles. The van der Waals surface area contributed by atoms with Gasteiger partial charge in [0.2, 0.25) is 15.9 Å². The minimum atomic E-state index is -3.80. The molecule has 0 spiro atoms. The van der Waals surface area contributed by atoms with Crippen LogP contribution in [0.5, 0.6) is 5.75 Å². The smallest absolute Gasteiger partial charge is 0.243 e. The average molecular weight is 477 g/mol. The van der Waals surface area contributed by atoms with Crippen molar-refractivity contribution >= 4 is 33.2 Å². The van der Waals surface area contributed by atoms with E-state index < -0.39 is 22.0 Å². The highest BCUT2D eigenvalue weighted by molar-refractivity contribution is 7.92. The summed E-state index contributed by atoms with van der Waals surface area (Å²) in [4.78, 5) is 17.1. The van der Waals surface area contributed by atoms with Crippen LogP contribution in [-0.2, 0) is 21.4 Å². The number of carbonyl (C=O) groups excluding carboxylic acids is 1. The van der Waals surface area contributed by atoms with Crippen LogP contribution in [0.4, 0.5) is 5.69 Å². The van der Waals surface area contributed by atoms with Gasteiger partial charge in [0.1, 0.15) is 17.6 Å². The third-order valence-electron chi connectivity index (χ3n) is 4.97. The number of sulfonamides is 1. The van der Waals surface area contributed by atoms with Gasteiger partial charge in [0.05, 0.1) is 19.1 Å². The predicted molar refractivity (Wildman–Crippen MR) is 125 cm³/mol. The number of hydrogen-bond acceptors (Lipinski definition) is 5. The number of benzene rings is 2. The van der Waals surface area contributed by atoms with Crippen molar-refractivity contribution in [2.45, 2.75) is 26.4 Å². The molecule has 0 bridgehead atoms. The van der Waals surface area contributed by atoms with Crippen LogP contribution in [0.1, 0.15) is 18.3 Å². The number of imidazole rings is 1. The fourth-order valence-electron chi connectivity index (χ4n) is 3.38. The molecule has 170 valence electrons. The Morgan fingerprint density at radius 1 is 1.25 bits per heavy atom. The molecule has 0 aliphatic heterocycles. The van der Waals surface area contributed by atoms with E-state index in [1.54, 1.807) is 18.3 Å². The van der Waals surface area contributed by atoms with Gasteiger partial charge in [-0.25, -0.2) is 13.4 Å². The first kappa shape index (κ1) is 23.6. The zero-order valence-electron chi connectivity index (χ0n) is 18.2. The summed E-state index contributed by atoms with van der Waals surface area (Å²) in [6.07, 6.45) is 4.64. The fourth-order valence-corrected chi connectivity index (χ4v) is 4.71. The molecular formula is C22H25ClN4O4S. The summed E-state index contributed by atoms with van der Waals surface area (Å²) in [6.45, 7) is 3.68. The van der Waals surface area contributed by atoms with E-state index in [0.29, 0.717) is 10.8 Å². The number of nitrogens with zero attached hydrogens (tertiary/aromatic N) is 3. The minimum absolute atomic E-state index is 0.199. The Bertz CT molecular complexity index is 1210. The minimum Gasteiger partial charge on any atom is -0.495 e. The van der Waals surface area contributed by atoms with Crippen molar-refractivity contribution in [1.82, 2.24) is 14.9 Å². The molecule has 10 heteroatoms. The van der Waals surface area contributed by atoms with Crippen LogP contribution in [0.15, 0.2) is 54.9 Å². The number of carbonyl (C=O) groups is 1. The third-order valence-corrected chi connectivity index (χ3v) is 6.44. The van der Waals surface area contributed by atoms with Crippen LogP contribution in [0.2, 0.25) is 5.02 Å². The summed E-state index contributed by atoms with van der Waals surface area (Å²) in [7, 11) is -2.38. The van der Waals surface area contributed by atoms with E-state index >= 15 is 0 Å². The maximum Gasteiger partial charge on any atom is 0.243 e. The molecule has 1 heterocycles. The van der Waals surface area contributed by atoms with Gasteiger partial charge in [-0.2, -0.15) is 0 Å². The molecule has 1 aromatic heterocycles. The Morgan fingerprint density at radius 3 is 2.50 bits per heavy atom. The molecule has 0 saturated carbocycles. The quantitative estimate of drug-likeness (QED) is 0.538. The number of halogens is 1. The number of nitrogens with one attached hydrogen (secondary N) is 1. The van der Waals surface area contributed by atoms with Crippen LogP contribution in [0, 0.1) is 6.92 Å². The van der Waals surface area contributed by atoms with E-state index in [2.05, 4.69) is 10.3 Å². The van der Waals surface area contributed by atoms with Crippen molar-refractivity contribution in [3.63, 3.8) is 0 Å². The van der Waals surface area contributed by atoms with Crippen LogP contribution < -0.4 is 14.4 Å². The Morgan fingerprint density at radius 2 is 1.94 bits per heavy atom. The number of methoxy groups -OCH3 is 1. The number of hydrogen-bond donors (Lipinski definition) is 1. The van der Waals surface area contributed by atoms with Gasteiger partial charge >= 0.3 is 0 Å². The molecule has 0 aliphatic carbocycles. The first-order chi connectivity index (χ1) is 15.1. The zero-order valence-corrected chi connectivity index (χ0v) is 19.8. The fraction of sp³-hybridized carbons (Fsp3) is 0.273. The molecular weight excluding hydrogens is 452 g/mol. The summed E-state index contributed by atoms with van der Waals surface area (Å²) in [5.41, 5.74) is 2.03. The molecule has 2 aromatic carbocycles. The predicted octanol–water partition coefficient (Wildman–Crippen LogP) is 3.31. The highest BCUT2D eigenvalue weighted by Crippen LogP contribution is 2.34. The second kappa shape index (κ2) is 9.62. The molecule has 0 aliphatic rings. The first-order valence-electron chi connectivity index (χ1n) is 9.81. The number of aryl methyl sites for hydroxylation is 1. The van der Waals surface area contributed by atoms with Gasteiger partial charge in [-0.3, -0.25) is 9.10 Å². The monoisotopic (exact) mass is 476 g/mol. The normalized spacial score (nSPS) is 12.3. The molecule has 0 radical (unpaired) electrons. The SMILES string of the molecule is COc1ccc(Cl)cc1N([C@@H](C)C(=O)NCc1ccc(-n2ccnc2C)cc1)S(C)(=O)=O. The van der Waals surface area contributed by atoms with E-state index in [4.69, 9.17) is 16.3 Å². The van der Waals surface area contributed by atoms with Crippen molar-refractivity contribution < 1.29 is 17.9 Å².